The van der Waals surface area contributed by atoms with E-state index in [4.69, 9.17) is 4.79 Å². The minimum Gasteiger partial charge on any atom is -0.286 e. The van der Waals surface area contributed by atoms with E-state index in [0.29, 0.717) is 0 Å². The molecule has 0 saturated heterocycles. The Morgan fingerprint density at radius 1 is 1.38 bits per heavy atom. The van der Waals surface area contributed by atoms with Gasteiger partial charge in [-0.3, -0.25) is 4.79 Å². The normalized spacial score (nSPS) is 12.4. The molecule has 0 aromatic rings. The number of halogens is 3. The van der Waals surface area contributed by atoms with Crippen LogP contribution in [0.2, 0.25) is 0 Å². The van der Waals surface area contributed by atoms with E-state index in [0.717, 1.165) is 6.29 Å². The second-order valence-electron chi connectivity index (χ2n) is 0.993. The molecule has 1 radical (unpaired) electrons. The van der Waals surface area contributed by atoms with Crippen LogP contribution >= 0.6 is 0 Å². The van der Waals surface area contributed by atoms with Crippen LogP contribution in [-0.2, 0) is 4.79 Å². The molecule has 0 rings (SSSR count). The van der Waals surface area contributed by atoms with E-state index in [-0.39, 0.29) is 12.2 Å². The summed E-state index contributed by atoms with van der Waals surface area (Å²) in [4.78, 5) is 9.14. The average molecular weight is 123 g/mol. The molecule has 0 unspecified atom stereocenters. The van der Waals surface area contributed by atoms with Crippen molar-refractivity contribution < 1.29 is 18.0 Å². The number of alkyl halides is 3. The highest BCUT2D eigenvalue weighted by atomic mass is 19.4. The predicted molar refractivity (Wildman–Crippen MR) is 20.9 cm³/mol. The van der Waals surface area contributed by atoms with Gasteiger partial charge < -0.3 is 0 Å². The van der Waals surface area contributed by atoms with E-state index in [2.05, 4.69) is 0 Å². The summed E-state index contributed by atoms with van der Waals surface area (Å²) in [5, 5.41) is 0. The number of rotatable bonds is 1. The van der Waals surface area contributed by atoms with E-state index in [9.17, 15) is 13.2 Å². The molecule has 8 heavy (non-hydrogen) atoms. The number of allylic oxidation sites excluding steroid dienone is 2. The molecule has 1 nitrogen and oxygen atoms in total. The van der Waals surface area contributed by atoms with Gasteiger partial charge in [-0.1, -0.05) is 0 Å². The maximum atomic E-state index is 11.0. The van der Waals surface area contributed by atoms with E-state index in [1.54, 1.807) is 0 Å². The van der Waals surface area contributed by atoms with Gasteiger partial charge in [0.25, 0.3) is 0 Å². The minimum absolute atomic E-state index is 0.181. The van der Waals surface area contributed by atoms with Gasteiger partial charge in [-0.15, -0.1) is 0 Å². The van der Waals surface area contributed by atoms with E-state index < -0.39 is 6.18 Å². The highest BCUT2D eigenvalue weighted by Gasteiger charge is 2.21. The topological polar surface area (TPSA) is 17.1 Å². The monoisotopic (exact) mass is 123 g/mol. The highest BCUT2D eigenvalue weighted by Crippen LogP contribution is 2.14. The van der Waals surface area contributed by atoms with Gasteiger partial charge in [-0.2, -0.15) is 13.2 Å². The van der Waals surface area contributed by atoms with E-state index >= 15 is 0 Å². The summed E-state index contributed by atoms with van der Waals surface area (Å²) in [6, 6.07) is 0. The summed E-state index contributed by atoms with van der Waals surface area (Å²) in [7, 11) is 0. The van der Waals surface area contributed by atoms with Gasteiger partial charge in [-0.25, -0.2) is 0 Å². The molecule has 0 N–H and O–H groups in total. The standard InChI is InChI=1S/C4H2F3O/c5-4(6,7)2-1-3-8/h1-2H. The quantitative estimate of drug-likeness (QED) is 0.479. The molecule has 0 bridgehead atoms. The van der Waals surface area contributed by atoms with Crippen LogP contribution in [0, 0.1) is 0 Å². The lowest BCUT2D eigenvalue weighted by Crippen LogP contribution is -2.00. The second-order valence-corrected chi connectivity index (χ2v) is 0.993. The Balaban J connectivity index is 3.69. The van der Waals surface area contributed by atoms with Gasteiger partial charge >= 0.3 is 6.18 Å². The third-order valence-electron chi connectivity index (χ3n) is 0.340. The molecular formula is C4H2F3O. The number of hydrogen-bond donors (Lipinski definition) is 0. The van der Waals surface area contributed by atoms with Crippen molar-refractivity contribution in [2.45, 2.75) is 6.18 Å². The molecule has 4 heteroatoms. The van der Waals surface area contributed by atoms with Crippen molar-refractivity contribution in [2.24, 2.45) is 0 Å². The Morgan fingerprint density at radius 3 is 2.00 bits per heavy atom. The zero-order valence-corrected chi connectivity index (χ0v) is 3.70. The highest BCUT2D eigenvalue weighted by molar-refractivity contribution is 5.65. The first-order valence-corrected chi connectivity index (χ1v) is 1.68. The van der Waals surface area contributed by atoms with Crippen molar-refractivity contribution in [2.75, 3.05) is 0 Å². The van der Waals surface area contributed by atoms with Gasteiger partial charge in [0.05, 0.1) is 0 Å². The Hall–Kier alpha value is -0.800. The van der Waals surface area contributed by atoms with Gasteiger partial charge in [-0.05, 0) is 6.08 Å². The maximum absolute atomic E-state index is 11.0. The lowest BCUT2D eigenvalue weighted by molar-refractivity contribution is -0.0797. The fourth-order valence-electron chi connectivity index (χ4n) is 0.129. The van der Waals surface area contributed by atoms with E-state index in [1.165, 1.54) is 0 Å². The molecule has 0 aromatic heterocycles. The molecule has 0 saturated carbocycles. The minimum atomic E-state index is -4.39. The Bertz CT molecular complexity index is 102. The van der Waals surface area contributed by atoms with Crippen LogP contribution in [-0.4, -0.2) is 12.5 Å². The van der Waals surface area contributed by atoms with Crippen LogP contribution in [0.3, 0.4) is 0 Å². The Morgan fingerprint density at radius 2 is 1.88 bits per heavy atom. The van der Waals surface area contributed by atoms with Crippen LogP contribution in [0.15, 0.2) is 12.2 Å². The summed E-state index contributed by atoms with van der Waals surface area (Å²) in [6.07, 6.45) is -3.32. The smallest absolute Gasteiger partial charge is 0.286 e. The lowest BCUT2D eigenvalue weighted by atomic mass is 10.5. The molecule has 0 atom stereocenters. The molecule has 0 aliphatic carbocycles. The van der Waals surface area contributed by atoms with Crippen LogP contribution in [0.1, 0.15) is 0 Å². The fraction of sp³-hybridized carbons (Fsp3) is 0.250. The van der Waals surface area contributed by atoms with Gasteiger partial charge in [0, 0.05) is 6.08 Å². The van der Waals surface area contributed by atoms with Gasteiger partial charge in [0.1, 0.15) is 0 Å². The molecule has 0 fully saturated rings. The average Bonchev–Trinajstić information content (AvgIpc) is 1.59. The third-order valence-corrected chi connectivity index (χ3v) is 0.340. The fourth-order valence-corrected chi connectivity index (χ4v) is 0.129. The SMILES string of the molecule is O=[C]C=CC(F)(F)F. The molecule has 0 heterocycles. The molecule has 0 aromatic carbocycles. The Kier molecular flexibility index (Phi) is 2.24. The number of carbonyl (C=O) groups excluding carboxylic acids is 1. The molecule has 0 aliphatic heterocycles. The van der Waals surface area contributed by atoms with Crippen LogP contribution in [0.4, 0.5) is 13.2 Å². The summed E-state index contributed by atoms with van der Waals surface area (Å²) < 4.78 is 32.9. The van der Waals surface area contributed by atoms with Crippen molar-refractivity contribution in [3.05, 3.63) is 12.2 Å². The van der Waals surface area contributed by atoms with Crippen LogP contribution in [0.25, 0.3) is 0 Å². The zero-order chi connectivity index (χ0) is 6.62. The number of hydrogen-bond acceptors (Lipinski definition) is 1. The van der Waals surface area contributed by atoms with Gasteiger partial charge in [0.2, 0.25) is 6.29 Å². The van der Waals surface area contributed by atoms with Crippen molar-refractivity contribution in [1.82, 2.24) is 0 Å². The van der Waals surface area contributed by atoms with Crippen molar-refractivity contribution in [1.29, 1.82) is 0 Å². The third kappa shape index (κ3) is 5.20. The molecule has 45 valence electrons. The summed E-state index contributed by atoms with van der Waals surface area (Å²) >= 11 is 0. The van der Waals surface area contributed by atoms with Crippen molar-refractivity contribution in [3.8, 4) is 0 Å². The Labute approximate surface area is 43.8 Å². The molecule has 0 spiro atoms. The largest absolute Gasteiger partial charge is 0.409 e. The van der Waals surface area contributed by atoms with Crippen molar-refractivity contribution in [3.63, 3.8) is 0 Å². The summed E-state index contributed by atoms with van der Waals surface area (Å²) in [5.74, 6) is 0. The first-order chi connectivity index (χ1) is 3.56. The lowest BCUT2D eigenvalue weighted by Gasteiger charge is -1.92. The maximum Gasteiger partial charge on any atom is 0.409 e. The summed E-state index contributed by atoms with van der Waals surface area (Å²) in [6.45, 7) is 0. The van der Waals surface area contributed by atoms with Crippen molar-refractivity contribution >= 4 is 6.29 Å². The zero-order valence-electron chi connectivity index (χ0n) is 3.70. The van der Waals surface area contributed by atoms with Crippen LogP contribution < -0.4 is 0 Å². The van der Waals surface area contributed by atoms with Gasteiger partial charge in [0.15, 0.2) is 0 Å². The van der Waals surface area contributed by atoms with E-state index in [1.807, 2.05) is 0 Å². The van der Waals surface area contributed by atoms with Crippen LogP contribution in [0.5, 0.6) is 0 Å². The summed E-state index contributed by atoms with van der Waals surface area (Å²) in [5.41, 5.74) is 0. The first kappa shape index (κ1) is 7.20. The first-order valence-electron chi connectivity index (χ1n) is 1.68. The predicted octanol–water partition coefficient (Wildman–Crippen LogP) is 1.21. The molecule has 0 aliphatic rings. The molecule has 0 amide bonds. The molecular weight excluding hydrogens is 121 g/mol. The second kappa shape index (κ2) is 2.49.